The van der Waals surface area contributed by atoms with Crippen LogP contribution in [0.4, 0.5) is 0 Å². The van der Waals surface area contributed by atoms with Crippen LogP contribution >= 0.6 is 11.6 Å². The maximum Gasteiger partial charge on any atom is 0.134 e. The summed E-state index contributed by atoms with van der Waals surface area (Å²) in [6, 6.07) is 15.9. The molecule has 3 heteroatoms. The number of hydrogen-bond donors (Lipinski definition) is 0. The third-order valence-corrected chi connectivity index (χ3v) is 3.61. The minimum Gasteiger partial charge on any atom is -0.489 e. The van der Waals surface area contributed by atoms with Gasteiger partial charge < -0.3 is 9.15 Å². The Hall–Kier alpha value is -1.93. The van der Waals surface area contributed by atoms with Crippen LogP contribution < -0.4 is 4.74 Å². The van der Waals surface area contributed by atoms with E-state index in [0.717, 1.165) is 33.6 Å². The summed E-state index contributed by atoms with van der Waals surface area (Å²) in [6.07, 6.45) is 0. The highest BCUT2D eigenvalue weighted by atomic mass is 35.5. The van der Waals surface area contributed by atoms with E-state index in [9.17, 15) is 0 Å². The zero-order chi connectivity index (χ0) is 13.9. The second kappa shape index (κ2) is 5.59. The van der Waals surface area contributed by atoms with Gasteiger partial charge in [0.2, 0.25) is 0 Å². The molecule has 2 nitrogen and oxygen atoms in total. The summed E-state index contributed by atoms with van der Waals surface area (Å²) in [5.41, 5.74) is 3.03. The predicted molar refractivity (Wildman–Crippen MR) is 81.3 cm³/mol. The van der Waals surface area contributed by atoms with Gasteiger partial charge in [-0.2, -0.15) is 0 Å². The molecule has 0 aliphatic heterocycles. The fourth-order valence-corrected chi connectivity index (χ4v) is 2.58. The molecule has 0 aliphatic rings. The highest BCUT2D eigenvalue weighted by Crippen LogP contribution is 2.30. The van der Waals surface area contributed by atoms with E-state index in [1.54, 1.807) is 0 Å². The number of ether oxygens (including phenoxy) is 1. The molecule has 0 unspecified atom stereocenters. The predicted octanol–water partition coefficient (Wildman–Crippen LogP) is 5.06. The Morgan fingerprint density at radius 2 is 1.90 bits per heavy atom. The van der Waals surface area contributed by atoms with E-state index in [1.165, 1.54) is 0 Å². The summed E-state index contributed by atoms with van der Waals surface area (Å²) in [7, 11) is 0. The fraction of sp³-hybridized carbons (Fsp3) is 0.176. The van der Waals surface area contributed by atoms with Gasteiger partial charge in [-0.1, -0.05) is 30.3 Å². The van der Waals surface area contributed by atoms with E-state index in [4.69, 9.17) is 20.8 Å². The number of hydrogen-bond acceptors (Lipinski definition) is 2. The highest BCUT2D eigenvalue weighted by molar-refractivity contribution is 6.18. The van der Waals surface area contributed by atoms with Gasteiger partial charge in [-0.25, -0.2) is 0 Å². The van der Waals surface area contributed by atoms with Crippen molar-refractivity contribution in [1.29, 1.82) is 0 Å². The summed E-state index contributed by atoms with van der Waals surface area (Å²) < 4.78 is 11.5. The average Bonchev–Trinajstić information content (AvgIpc) is 2.80. The van der Waals surface area contributed by atoms with Gasteiger partial charge in [0.1, 0.15) is 23.7 Å². The van der Waals surface area contributed by atoms with E-state index in [0.29, 0.717) is 12.5 Å². The Kier molecular flexibility index (Phi) is 3.66. The molecule has 0 radical (unpaired) electrons. The lowest BCUT2D eigenvalue weighted by Crippen LogP contribution is -1.94. The van der Waals surface area contributed by atoms with Crippen LogP contribution in [0.1, 0.15) is 16.9 Å². The van der Waals surface area contributed by atoms with Crippen molar-refractivity contribution in [2.24, 2.45) is 0 Å². The molecule has 1 aromatic heterocycles. The lowest BCUT2D eigenvalue weighted by Gasteiger charge is -2.06. The molecule has 0 N–H and O–H groups in total. The molecular weight excluding hydrogens is 272 g/mol. The molecule has 3 aromatic rings. The van der Waals surface area contributed by atoms with Crippen molar-refractivity contribution in [2.45, 2.75) is 19.4 Å². The Labute approximate surface area is 122 Å². The third kappa shape index (κ3) is 2.52. The zero-order valence-corrected chi connectivity index (χ0v) is 12.0. The highest BCUT2D eigenvalue weighted by Gasteiger charge is 2.10. The molecule has 2 aromatic carbocycles. The number of furan rings is 1. The lowest BCUT2D eigenvalue weighted by atomic mass is 10.1. The van der Waals surface area contributed by atoms with Crippen LogP contribution in [-0.4, -0.2) is 0 Å². The quantitative estimate of drug-likeness (QED) is 0.626. The van der Waals surface area contributed by atoms with Gasteiger partial charge >= 0.3 is 0 Å². The van der Waals surface area contributed by atoms with Crippen molar-refractivity contribution in [1.82, 2.24) is 0 Å². The van der Waals surface area contributed by atoms with E-state index in [2.05, 4.69) is 0 Å². The number of halogens is 1. The van der Waals surface area contributed by atoms with Crippen LogP contribution in [0.2, 0.25) is 0 Å². The number of aryl methyl sites for hydroxylation is 1. The Balaban J connectivity index is 1.85. The van der Waals surface area contributed by atoms with Crippen LogP contribution in [0.5, 0.6) is 5.75 Å². The topological polar surface area (TPSA) is 22.4 Å². The van der Waals surface area contributed by atoms with Gasteiger partial charge in [0, 0.05) is 10.9 Å². The molecule has 0 saturated heterocycles. The van der Waals surface area contributed by atoms with Gasteiger partial charge in [0.25, 0.3) is 0 Å². The van der Waals surface area contributed by atoms with E-state index >= 15 is 0 Å². The summed E-state index contributed by atoms with van der Waals surface area (Å²) in [5.74, 6) is 2.14. The van der Waals surface area contributed by atoms with Gasteiger partial charge in [0.15, 0.2) is 0 Å². The fourth-order valence-electron chi connectivity index (χ4n) is 2.25. The number of fused-ring (bicyclic) bond motifs is 1. The summed E-state index contributed by atoms with van der Waals surface area (Å²) in [4.78, 5) is 0. The summed E-state index contributed by atoms with van der Waals surface area (Å²) in [6.45, 7) is 2.49. The average molecular weight is 287 g/mol. The van der Waals surface area contributed by atoms with Crippen LogP contribution in [-0.2, 0) is 12.5 Å². The van der Waals surface area contributed by atoms with Crippen LogP contribution in [0, 0.1) is 6.92 Å². The Morgan fingerprint density at radius 3 is 2.65 bits per heavy atom. The molecule has 0 fully saturated rings. The Morgan fingerprint density at radius 1 is 1.10 bits per heavy atom. The van der Waals surface area contributed by atoms with Crippen LogP contribution in [0.3, 0.4) is 0 Å². The smallest absolute Gasteiger partial charge is 0.134 e. The summed E-state index contributed by atoms with van der Waals surface area (Å²) in [5, 5.41) is 1.03. The van der Waals surface area contributed by atoms with Crippen molar-refractivity contribution < 1.29 is 9.15 Å². The summed E-state index contributed by atoms with van der Waals surface area (Å²) >= 11 is 5.98. The van der Waals surface area contributed by atoms with Crippen molar-refractivity contribution in [3.05, 3.63) is 65.4 Å². The molecule has 0 saturated carbocycles. The van der Waals surface area contributed by atoms with Gasteiger partial charge in [0.05, 0.1) is 5.88 Å². The molecule has 0 bridgehead atoms. The maximum atomic E-state index is 5.98. The largest absolute Gasteiger partial charge is 0.489 e. The number of rotatable bonds is 4. The third-order valence-electron chi connectivity index (χ3n) is 3.35. The van der Waals surface area contributed by atoms with Crippen molar-refractivity contribution in [3.63, 3.8) is 0 Å². The number of alkyl halides is 1. The molecule has 0 amide bonds. The second-order valence-corrected chi connectivity index (χ2v) is 4.97. The van der Waals surface area contributed by atoms with Gasteiger partial charge in [-0.3, -0.25) is 0 Å². The van der Waals surface area contributed by atoms with Crippen LogP contribution in [0.15, 0.2) is 52.9 Å². The first kappa shape index (κ1) is 13.1. The first-order chi connectivity index (χ1) is 9.78. The minimum atomic E-state index is 0.445. The molecular formula is C17H15ClO2. The monoisotopic (exact) mass is 286 g/mol. The first-order valence-electron chi connectivity index (χ1n) is 6.52. The van der Waals surface area contributed by atoms with Gasteiger partial charge in [-0.15, -0.1) is 11.6 Å². The van der Waals surface area contributed by atoms with E-state index in [1.807, 2.05) is 55.5 Å². The van der Waals surface area contributed by atoms with E-state index in [-0.39, 0.29) is 0 Å². The lowest BCUT2D eigenvalue weighted by molar-refractivity contribution is 0.306. The first-order valence-corrected chi connectivity index (χ1v) is 7.06. The second-order valence-electron chi connectivity index (χ2n) is 4.70. The molecule has 0 aliphatic carbocycles. The normalized spacial score (nSPS) is 10.9. The minimum absolute atomic E-state index is 0.445. The SMILES string of the molecule is Cc1oc2ccc(OCc3ccccc3)cc2c1CCl. The molecule has 1 heterocycles. The molecule has 3 rings (SSSR count). The molecule has 20 heavy (non-hydrogen) atoms. The molecule has 102 valence electrons. The van der Waals surface area contributed by atoms with Crippen molar-refractivity contribution >= 4 is 22.6 Å². The zero-order valence-electron chi connectivity index (χ0n) is 11.2. The van der Waals surface area contributed by atoms with E-state index < -0.39 is 0 Å². The Bertz CT molecular complexity index is 716. The van der Waals surface area contributed by atoms with Crippen molar-refractivity contribution in [3.8, 4) is 5.75 Å². The van der Waals surface area contributed by atoms with Crippen LogP contribution in [0.25, 0.3) is 11.0 Å². The van der Waals surface area contributed by atoms with Gasteiger partial charge in [-0.05, 0) is 30.7 Å². The molecule has 0 spiro atoms. The molecule has 0 atom stereocenters. The van der Waals surface area contributed by atoms with Crippen molar-refractivity contribution in [2.75, 3.05) is 0 Å². The number of benzene rings is 2. The standard InChI is InChI=1S/C17H15ClO2/c1-12-16(10-18)15-9-14(7-8-17(15)20-12)19-11-13-5-3-2-4-6-13/h2-9H,10-11H2,1H3. The maximum absolute atomic E-state index is 5.98.